The van der Waals surface area contributed by atoms with Crippen LogP contribution in [0.1, 0.15) is 40.0 Å². The number of hydrogen-bond acceptors (Lipinski definition) is 2. The molecule has 0 saturated heterocycles. The number of aryl methyl sites for hydroxylation is 1. The minimum absolute atomic E-state index is 0.0197. The quantitative estimate of drug-likeness (QED) is 0.788. The van der Waals surface area contributed by atoms with Gasteiger partial charge in [0, 0.05) is 19.6 Å². The van der Waals surface area contributed by atoms with E-state index in [4.69, 9.17) is 0 Å². The van der Waals surface area contributed by atoms with Crippen LogP contribution in [0.5, 0.6) is 0 Å². The highest BCUT2D eigenvalue weighted by atomic mass is 16.2. The maximum absolute atomic E-state index is 12.8. The number of amides is 1. The monoisotopic (exact) mass is 317 g/mol. The molecule has 0 aliphatic carbocycles. The fraction of sp³-hybridized carbons (Fsp3) is 0.556. The molecule has 0 spiro atoms. The van der Waals surface area contributed by atoms with Gasteiger partial charge < -0.3 is 4.90 Å². The van der Waals surface area contributed by atoms with Crippen molar-refractivity contribution in [3.63, 3.8) is 0 Å². The molecule has 23 heavy (non-hydrogen) atoms. The van der Waals surface area contributed by atoms with Crippen molar-refractivity contribution in [3.05, 3.63) is 34.7 Å². The molecule has 0 bridgehead atoms. The van der Waals surface area contributed by atoms with Crippen molar-refractivity contribution in [2.75, 3.05) is 6.54 Å². The number of hydrogen-bond donors (Lipinski definition) is 0. The highest BCUT2D eigenvalue weighted by Crippen LogP contribution is 2.13. The van der Waals surface area contributed by atoms with Crippen LogP contribution in [0.4, 0.5) is 0 Å². The van der Waals surface area contributed by atoms with Crippen LogP contribution in [-0.2, 0) is 18.4 Å². The summed E-state index contributed by atoms with van der Waals surface area (Å²) in [5, 5.41) is 0. The SMILES string of the molecule is CCCCN(C(=O)Cn1c(=O)n(C)c2ccccc21)C(C)CC. The second-order valence-electron chi connectivity index (χ2n) is 6.11. The summed E-state index contributed by atoms with van der Waals surface area (Å²) in [6.45, 7) is 7.13. The van der Waals surface area contributed by atoms with Crippen molar-refractivity contribution in [2.24, 2.45) is 7.05 Å². The maximum Gasteiger partial charge on any atom is 0.329 e. The molecule has 0 N–H and O–H groups in total. The summed E-state index contributed by atoms with van der Waals surface area (Å²) in [6, 6.07) is 7.79. The number of carbonyl (C=O) groups excluding carboxylic acids is 1. The summed E-state index contributed by atoms with van der Waals surface area (Å²) in [5.74, 6) is 0.0197. The Hall–Kier alpha value is -2.04. The first kappa shape index (κ1) is 17.3. The molecule has 0 aliphatic rings. The third-order valence-corrected chi connectivity index (χ3v) is 4.54. The summed E-state index contributed by atoms with van der Waals surface area (Å²) in [4.78, 5) is 27.2. The number of fused-ring (bicyclic) bond motifs is 1. The smallest absolute Gasteiger partial charge is 0.329 e. The molecule has 1 heterocycles. The zero-order valence-electron chi connectivity index (χ0n) is 14.6. The molecule has 1 aromatic heterocycles. The normalized spacial score (nSPS) is 12.5. The minimum Gasteiger partial charge on any atom is -0.338 e. The van der Waals surface area contributed by atoms with E-state index in [9.17, 15) is 9.59 Å². The number of aromatic nitrogens is 2. The van der Waals surface area contributed by atoms with Gasteiger partial charge in [-0.3, -0.25) is 13.9 Å². The van der Waals surface area contributed by atoms with Gasteiger partial charge in [0.25, 0.3) is 0 Å². The Kier molecular flexibility index (Phi) is 5.64. The highest BCUT2D eigenvalue weighted by Gasteiger charge is 2.21. The van der Waals surface area contributed by atoms with E-state index < -0.39 is 0 Å². The van der Waals surface area contributed by atoms with E-state index in [-0.39, 0.29) is 24.2 Å². The number of para-hydroxylation sites is 2. The van der Waals surface area contributed by atoms with Gasteiger partial charge in [0.15, 0.2) is 0 Å². The Morgan fingerprint density at radius 2 is 1.87 bits per heavy atom. The van der Waals surface area contributed by atoms with Crippen LogP contribution >= 0.6 is 0 Å². The number of rotatable bonds is 7. The molecular weight excluding hydrogens is 290 g/mol. The van der Waals surface area contributed by atoms with Gasteiger partial charge in [-0.2, -0.15) is 0 Å². The number of nitrogens with zero attached hydrogens (tertiary/aromatic N) is 3. The van der Waals surface area contributed by atoms with E-state index in [1.807, 2.05) is 29.2 Å². The van der Waals surface area contributed by atoms with Crippen molar-refractivity contribution in [2.45, 2.75) is 52.6 Å². The highest BCUT2D eigenvalue weighted by molar-refractivity contribution is 5.81. The number of benzene rings is 1. The van der Waals surface area contributed by atoms with E-state index in [1.165, 1.54) is 0 Å². The van der Waals surface area contributed by atoms with Crippen LogP contribution in [0.3, 0.4) is 0 Å². The molecular formula is C18H27N3O2. The summed E-state index contributed by atoms with van der Waals surface area (Å²) >= 11 is 0. The number of imidazole rings is 1. The van der Waals surface area contributed by atoms with Crippen LogP contribution in [0, 0.1) is 0 Å². The van der Waals surface area contributed by atoms with Crippen LogP contribution in [0.2, 0.25) is 0 Å². The van der Waals surface area contributed by atoms with Crippen LogP contribution in [-0.4, -0.2) is 32.5 Å². The first-order valence-corrected chi connectivity index (χ1v) is 8.44. The molecule has 1 atom stereocenters. The van der Waals surface area contributed by atoms with E-state index in [2.05, 4.69) is 20.8 Å². The average molecular weight is 317 g/mol. The third-order valence-electron chi connectivity index (χ3n) is 4.54. The lowest BCUT2D eigenvalue weighted by atomic mass is 10.2. The lowest BCUT2D eigenvalue weighted by Gasteiger charge is -2.28. The van der Waals surface area contributed by atoms with Gasteiger partial charge in [0.05, 0.1) is 11.0 Å². The first-order chi connectivity index (χ1) is 11.0. The van der Waals surface area contributed by atoms with Crippen molar-refractivity contribution in [3.8, 4) is 0 Å². The summed E-state index contributed by atoms with van der Waals surface area (Å²) in [7, 11) is 1.75. The molecule has 2 rings (SSSR count). The Morgan fingerprint density at radius 3 is 2.48 bits per heavy atom. The third kappa shape index (κ3) is 3.49. The number of unbranched alkanes of at least 4 members (excludes halogenated alkanes) is 1. The summed E-state index contributed by atoms with van der Waals surface area (Å²) in [6.07, 6.45) is 2.95. The molecule has 1 aromatic carbocycles. The lowest BCUT2D eigenvalue weighted by molar-refractivity contribution is -0.134. The van der Waals surface area contributed by atoms with Crippen molar-refractivity contribution < 1.29 is 4.79 Å². The standard InChI is InChI=1S/C18H27N3O2/c1-5-7-12-20(14(3)6-2)17(22)13-21-16-11-9-8-10-15(16)19(4)18(21)23/h8-11,14H,5-7,12-13H2,1-4H3. The zero-order chi connectivity index (χ0) is 17.0. The Bertz CT molecular complexity index is 729. The van der Waals surface area contributed by atoms with Gasteiger partial charge in [0.1, 0.15) is 6.54 Å². The second kappa shape index (κ2) is 7.49. The molecule has 0 saturated carbocycles. The van der Waals surface area contributed by atoms with Gasteiger partial charge in [-0.05, 0) is 31.9 Å². The molecule has 0 radical (unpaired) electrons. The van der Waals surface area contributed by atoms with E-state index in [0.29, 0.717) is 0 Å². The van der Waals surface area contributed by atoms with E-state index in [0.717, 1.165) is 36.8 Å². The predicted octanol–water partition coefficient (Wildman–Crippen LogP) is 2.77. The van der Waals surface area contributed by atoms with E-state index in [1.54, 1.807) is 16.2 Å². The fourth-order valence-electron chi connectivity index (χ4n) is 2.88. The molecule has 1 unspecified atom stereocenters. The van der Waals surface area contributed by atoms with Gasteiger partial charge in [0.2, 0.25) is 5.91 Å². The molecule has 2 aromatic rings. The fourth-order valence-corrected chi connectivity index (χ4v) is 2.88. The van der Waals surface area contributed by atoms with Gasteiger partial charge in [-0.1, -0.05) is 32.4 Å². The van der Waals surface area contributed by atoms with Gasteiger partial charge >= 0.3 is 5.69 Å². The maximum atomic E-state index is 12.8. The molecule has 0 fully saturated rings. The molecule has 0 aliphatic heterocycles. The molecule has 5 heteroatoms. The minimum atomic E-state index is -0.140. The Balaban J connectivity index is 2.31. The first-order valence-electron chi connectivity index (χ1n) is 8.44. The van der Waals surface area contributed by atoms with Crippen LogP contribution in [0.25, 0.3) is 11.0 Å². The summed E-state index contributed by atoms with van der Waals surface area (Å²) in [5.41, 5.74) is 1.53. The van der Waals surface area contributed by atoms with Crippen molar-refractivity contribution in [1.29, 1.82) is 0 Å². The molecule has 1 amide bonds. The Labute approximate surface area is 137 Å². The largest absolute Gasteiger partial charge is 0.338 e. The Morgan fingerprint density at radius 1 is 1.22 bits per heavy atom. The second-order valence-corrected chi connectivity index (χ2v) is 6.11. The number of carbonyl (C=O) groups is 1. The summed E-state index contributed by atoms with van der Waals surface area (Å²) < 4.78 is 3.18. The topological polar surface area (TPSA) is 47.2 Å². The lowest BCUT2D eigenvalue weighted by Crippen LogP contribution is -2.42. The van der Waals surface area contributed by atoms with Gasteiger partial charge in [-0.15, -0.1) is 0 Å². The molecule has 126 valence electrons. The van der Waals surface area contributed by atoms with Crippen LogP contribution < -0.4 is 5.69 Å². The molecule has 5 nitrogen and oxygen atoms in total. The van der Waals surface area contributed by atoms with Crippen molar-refractivity contribution in [1.82, 2.24) is 14.0 Å². The van der Waals surface area contributed by atoms with Crippen LogP contribution in [0.15, 0.2) is 29.1 Å². The zero-order valence-corrected chi connectivity index (χ0v) is 14.6. The van der Waals surface area contributed by atoms with Gasteiger partial charge in [-0.25, -0.2) is 4.79 Å². The average Bonchev–Trinajstić information content (AvgIpc) is 2.80. The van der Waals surface area contributed by atoms with Crippen molar-refractivity contribution >= 4 is 16.9 Å². The van der Waals surface area contributed by atoms with E-state index >= 15 is 0 Å². The predicted molar refractivity (Wildman–Crippen MR) is 93.6 cm³/mol.